The Labute approximate surface area is 118 Å². The van der Waals surface area contributed by atoms with Crippen LogP contribution in [-0.4, -0.2) is 24.5 Å². The van der Waals surface area contributed by atoms with Gasteiger partial charge in [0, 0.05) is 6.04 Å². The Morgan fingerprint density at radius 2 is 1.84 bits per heavy atom. The van der Waals surface area contributed by atoms with E-state index in [1.165, 1.54) is 32.1 Å². The van der Waals surface area contributed by atoms with Gasteiger partial charge in [-0.05, 0) is 45.1 Å². The molecule has 0 aromatic rings. The lowest BCUT2D eigenvalue weighted by Gasteiger charge is -2.26. The van der Waals surface area contributed by atoms with E-state index in [4.69, 9.17) is 0 Å². The second-order valence-corrected chi connectivity index (χ2v) is 6.41. The highest BCUT2D eigenvalue weighted by Gasteiger charge is 2.19. The van der Waals surface area contributed by atoms with Crippen molar-refractivity contribution >= 4 is 5.91 Å². The first-order valence-electron chi connectivity index (χ1n) is 8.06. The van der Waals surface area contributed by atoms with E-state index < -0.39 is 0 Å². The SMILES string of the molecule is CCC(C)NC(=O)C(C)NCCC1CCC(C)CC1. The van der Waals surface area contributed by atoms with Gasteiger partial charge < -0.3 is 10.6 Å². The quantitative estimate of drug-likeness (QED) is 0.745. The molecule has 3 nitrogen and oxygen atoms in total. The van der Waals surface area contributed by atoms with Crippen molar-refractivity contribution < 1.29 is 4.79 Å². The third-order valence-electron chi connectivity index (χ3n) is 4.53. The van der Waals surface area contributed by atoms with Crippen LogP contribution in [0.25, 0.3) is 0 Å². The molecule has 0 radical (unpaired) electrons. The topological polar surface area (TPSA) is 41.1 Å². The van der Waals surface area contributed by atoms with E-state index >= 15 is 0 Å². The smallest absolute Gasteiger partial charge is 0.237 e. The summed E-state index contributed by atoms with van der Waals surface area (Å²) in [6, 6.07) is 0.202. The number of nitrogens with one attached hydrogen (secondary N) is 2. The van der Waals surface area contributed by atoms with Gasteiger partial charge in [-0.25, -0.2) is 0 Å². The van der Waals surface area contributed by atoms with Gasteiger partial charge in [-0.15, -0.1) is 0 Å². The molecule has 112 valence electrons. The largest absolute Gasteiger partial charge is 0.352 e. The summed E-state index contributed by atoms with van der Waals surface area (Å²) < 4.78 is 0. The molecule has 19 heavy (non-hydrogen) atoms. The molecule has 2 unspecified atom stereocenters. The van der Waals surface area contributed by atoms with Crippen LogP contribution >= 0.6 is 0 Å². The van der Waals surface area contributed by atoms with Crippen LogP contribution < -0.4 is 10.6 Å². The Morgan fingerprint density at radius 3 is 2.42 bits per heavy atom. The molecule has 1 saturated carbocycles. The maximum absolute atomic E-state index is 11.9. The van der Waals surface area contributed by atoms with Gasteiger partial charge in [0.2, 0.25) is 5.91 Å². The number of hydrogen-bond acceptors (Lipinski definition) is 2. The van der Waals surface area contributed by atoms with Crippen LogP contribution in [0.2, 0.25) is 0 Å². The normalized spacial score (nSPS) is 26.7. The lowest BCUT2D eigenvalue weighted by atomic mass is 9.81. The Bertz CT molecular complexity index is 259. The van der Waals surface area contributed by atoms with Gasteiger partial charge in [0.25, 0.3) is 0 Å². The molecule has 2 atom stereocenters. The van der Waals surface area contributed by atoms with Crippen molar-refractivity contribution in [1.29, 1.82) is 0 Å². The Balaban J connectivity index is 2.12. The van der Waals surface area contributed by atoms with Crippen LogP contribution in [-0.2, 0) is 4.79 Å². The third kappa shape index (κ3) is 6.42. The highest BCUT2D eigenvalue weighted by atomic mass is 16.2. The highest BCUT2D eigenvalue weighted by Crippen LogP contribution is 2.29. The molecule has 0 bridgehead atoms. The van der Waals surface area contributed by atoms with Crippen LogP contribution in [0.4, 0.5) is 0 Å². The molecule has 0 spiro atoms. The number of carbonyl (C=O) groups excluding carboxylic acids is 1. The van der Waals surface area contributed by atoms with Crippen molar-refractivity contribution in [1.82, 2.24) is 10.6 Å². The summed E-state index contributed by atoms with van der Waals surface area (Å²) in [4.78, 5) is 11.9. The van der Waals surface area contributed by atoms with Gasteiger partial charge in [-0.3, -0.25) is 4.79 Å². The molecule has 1 rings (SSSR count). The molecule has 0 heterocycles. The standard InChI is InChI=1S/C16H32N2O/c1-5-13(3)18-16(19)14(4)17-11-10-15-8-6-12(2)7-9-15/h12-15,17H,5-11H2,1-4H3,(H,18,19). The Hall–Kier alpha value is -0.570. The Morgan fingerprint density at radius 1 is 1.21 bits per heavy atom. The van der Waals surface area contributed by atoms with Crippen molar-refractivity contribution in [2.24, 2.45) is 11.8 Å². The summed E-state index contributed by atoms with van der Waals surface area (Å²) in [6.45, 7) is 9.42. The average Bonchev–Trinajstić information content (AvgIpc) is 2.40. The molecule has 1 aliphatic rings. The average molecular weight is 268 g/mol. The minimum absolute atomic E-state index is 0.0727. The highest BCUT2D eigenvalue weighted by molar-refractivity contribution is 5.81. The lowest BCUT2D eigenvalue weighted by Crippen LogP contribution is -2.45. The summed E-state index contributed by atoms with van der Waals surface area (Å²) in [5.41, 5.74) is 0. The lowest BCUT2D eigenvalue weighted by molar-refractivity contribution is -0.123. The molecule has 0 aromatic carbocycles. The van der Waals surface area contributed by atoms with Gasteiger partial charge in [0.15, 0.2) is 0 Å². The van der Waals surface area contributed by atoms with Crippen LogP contribution in [0.15, 0.2) is 0 Å². The monoisotopic (exact) mass is 268 g/mol. The summed E-state index contributed by atoms with van der Waals surface area (Å²) in [5, 5.41) is 6.38. The van der Waals surface area contributed by atoms with E-state index in [1.807, 2.05) is 13.8 Å². The molecule has 0 saturated heterocycles. The van der Waals surface area contributed by atoms with E-state index in [9.17, 15) is 4.79 Å². The summed E-state index contributed by atoms with van der Waals surface area (Å²) in [7, 11) is 0. The summed E-state index contributed by atoms with van der Waals surface area (Å²) in [5.74, 6) is 1.92. The predicted octanol–water partition coefficient (Wildman–Crippen LogP) is 3.10. The Kier molecular flexibility index (Phi) is 7.44. The predicted molar refractivity (Wildman–Crippen MR) is 81.1 cm³/mol. The fourth-order valence-corrected chi connectivity index (χ4v) is 2.68. The number of amides is 1. The molecule has 0 aromatic heterocycles. The van der Waals surface area contributed by atoms with Crippen molar-refractivity contribution in [2.75, 3.05) is 6.54 Å². The van der Waals surface area contributed by atoms with Crippen LogP contribution in [0, 0.1) is 11.8 Å². The molecular formula is C16H32N2O. The summed E-state index contributed by atoms with van der Waals surface area (Å²) >= 11 is 0. The molecule has 1 amide bonds. The first-order chi connectivity index (χ1) is 9.02. The van der Waals surface area contributed by atoms with Crippen LogP contribution in [0.3, 0.4) is 0 Å². The van der Waals surface area contributed by atoms with Crippen molar-refractivity contribution in [3.8, 4) is 0 Å². The third-order valence-corrected chi connectivity index (χ3v) is 4.53. The van der Waals surface area contributed by atoms with E-state index in [0.717, 1.165) is 24.8 Å². The van der Waals surface area contributed by atoms with Crippen LogP contribution in [0.5, 0.6) is 0 Å². The van der Waals surface area contributed by atoms with E-state index in [1.54, 1.807) is 0 Å². The zero-order valence-corrected chi connectivity index (χ0v) is 13.2. The van der Waals surface area contributed by atoms with E-state index in [-0.39, 0.29) is 18.0 Å². The maximum atomic E-state index is 11.9. The van der Waals surface area contributed by atoms with Gasteiger partial charge in [-0.2, -0.15) is 0 Å². The first kappa shape index (κ1) is 16.5. The molecule has 1 aliphatic carbocycles. The molecule has 1 fully saturated rings. The zero-order chi connectivity index (χ0) is 14.3. The fraction of sp³-hybridized carbons (Fsp3) is 0.938. The number of hydrogen-bond donors (Lipinski definition) is 2. The van der Waals surface area contributed by atoms with Gasteiger partial charge >= 0.3 is 0 Å². The van der Waals surface area contributed by atoms with Crippen molar-refractivity contribution in [2.45, 2.75) is 78.3 Å². The zero-order valence-electron chi connectivity index (χ0n) is 13.2. The molecular weight excluding hydrogens is 236 g/mol. The first-order valence-corrected chi connectivity index (χ1v) is 8.06. The minimum atomic E-state index is -0.0727. The maximum Gasteiger partial charge on any atom is 0.237 e. The molecule has 3 heteroatoms. The fourth-order valence-electron chi connectivity index (χ4n) is 2.68. The van der Waals surface area contributed by atoms with Crippen molar-refractivity contribution in [3.05, 3.63) is 0 Å². The number of carbonyl (C=O) groups is 1. The van der Waals surface area contributed by atoms with Gasteiger partial charge in [-0.1, -0.05) is 39.5 Å². The van der Waals surface area contributed by atoms with Crippen molar-refractivity contribution in [3.63, 3.8) is 0 Å². The van der Waals surface area contributed by atoms with Gasteiger partial charge in [0.05, 0.1) is 6.04 Å². The molecule has 0 aliphatic heterocycles. The second-order valence-electron chi connectivity index (χ2n) is 6.41. The van der Waals surface area contributed by atoms with Gasteiger partial charge in [0.1, 0.15) is 0 Å². The molecule has 2 N–H and O–H groups in total. The van der Waals surface area contributed by atoms with Crippen LogP contribution in [0.1, 0.15) is 66.2 Å². The minimum Gasteiger partial charge on any atom is -0.352 e. The second kappa shape index (κ2) is 8.57. The van der Waals surface area contributed by atoms with E-state index in [2.05, 4.69) is 24.5 Å². The number of rotatable bonds is 7. The van der Waals surface area contributed by atoms with E-state index in [0.29, 0.717) is 0 Å². The summed E-state index contributed by atoms with van der Waals surface area (Å²) in [6.07, 6.45) is 7.71.